The highest BCUT2D eigenvalue weighted by molar-refractivity contribution is 9.10. The van der Waals surface area contributed by atoms with Gasteiger partial charge in [0.2, 0.25) is 0 Å². The lowest BCUT2D eigenvalue weighted by Gasteiger charge is -2.00. The number of aromatic nitrogens is 2. The highest BCUT2D eigenvalue weighted by Gasteiger charge is 2.13. The first-order chi connectivity index (χ1) is 9.25. The molecule has 1 aromatic heterocycles. The Bertz CT molecular complexity index is 707. The lowest BCUT2D eigenvalue weighted by Crippen LogP contribution is -1.78. The first-order valence-corrected chi connectivity index (χ1v) is 6.98. The van der Waals surface area contributed by atoms with Crippen molar-refractivity contribution >= 4 is 27.5 Å². The minimum atomic E-state index is 0.702. The van der Waals surface area contributed by atoms with E-state index in [1.807, 2.05) is 54.6 Å². The molecule has 1 heterocycles. The predicted molar refractivity (Wildman–Crippen MR) is 82.2 cm³/mol. The van der Waals surface area contributed by atoms with E-state index in [2.05, 4.69) is 26.1 Å². The first kappa shape index (κ1) is 12.5. The quantitative estimate of drug-likeness (QED) is 0.689. The van der Waals surface area contributed by atoms with Crippen molar-refractivity contribution in [1.82, 2.24) is 10.2 Å². The van der Waals surface area contributed by atoms with Gasteiger partial charge in [-0.3, -0.25) is 5.10 Å². The average molecular weight is 334 g/mol. The zero-order valence-electron chi connectivity index (χ0n) is 9.90. The van der Waals surface area contributed by atoms with E-state index in [1.54, 1.807) is 0 Å². The molecule has 3 rings (SSSR count). The Balaban J connectivity index is 2.09. The fraction of sp³-hybridized carbons (Fsp3) is 0. The second-order valence-corrected chi connectivity index (χ2v) is 5.37. The Morgan fingerprint density at radius 1 is 0.947 bits per heavy atom. The number of nitrogens with zero attached hydrogens (tertiary/aromatic N) is 1. The molecular weight excluding hydrogens is 324 g/mol. The zero-order chi connectivity index (χ0) is 13.2. The molecular formula is C15H10BrClN2. The van der Waals surface area contributed by atoms with Gasteiger partial charge in [-0.15, -0.1) is 0 Å². The van der Waals surface area contributed by atoms with E-state index in [0.29, 0.717) is 5.02 Å². The van der Waals surface area contributed by atoms with E-state index >= 15 is 0 Å². The number of hydrogen-bond donors (Lipinski definition) is 1. The molecule has 0 unspecified atom stereocenters. The van der Waals surface area contributed by atoms with Crippen molar-refractivity contribution in [2.75, 3.05) is 0 Å². The van der Waals surface area contributed by atoms with E-state index in [1.165, 1.54) is 0 Å². The van der Waals surface area contributed by atoms with Crippen LogP contribution in [0, 0.1) is 0 Å². The summed E-state index contributed by atoms with van der Waals surface area (Å²) < 4.78 is 0.945. The smallest absolute Gasteiger partial charge is 0.107 e. The number of rotatable bonds is 2. The van der Waals surface area contributed by atoms with Crippen molar-refractivity contribution < 1.29 is 0 Å². The molecule has 1 N–H and O–H groups in total. The molecule has 0 aliphatic rings. The van der Waals surface area contributed by atoms with E-state index in [-0.39, 0.29) is 0 Å². The van der Waals surface area contributed by atoms with Crippen LogP contribution < -0.4 is 0 Å². The third-order valence-electron chi connectivity index (χ3n) is 2.87. The molecule has 0 aliphatic carbocycles. The Hall–Kier alpha value is -1.58. The van der Waals surface area contributed by atoms with Gasteiger partial charge in [-0.25, -0.2) is 0 Å². The number of H-pyrrole nitrogens is 1. The van der Waals surface area contributed by atoms with Gasteiger partial charge in [0.1, 0.15) is 5.69 Å². The second-order valence-electron chi connectivity index (χ2n) is 4.14. The van der Waals surface area contributed by atoms with E-state index in [9.17, 15) is 0 Å². The summed E-state index contributed by atoms with van der Waals surface area (Å²) in [6.45, 7) is 0. The standard InChI is InChI=1S/C15H10BrClN2/c16-13-14(10-5-2-1-3-6-10)18-19-15(13)11-7-4-8-12(17)9-11/h1-9H,(H,18,19). The lowest BCUT2D eigenvalue weighted by molar-refractivity contribution is 1.10. The minimum Gasteiger partial charge on any atom is -0.276 e. The molecule has 2 nitrogen and oxygen atoms in total. The van der Waals surface area contributed by atoms with Crippen LogP contribution in [0.1, 0.15) is 0 Å². The average Bonchev–Trinajstić information content (AvgIpc) is 2.81. The van der Waals surface area contributed by atoms with Crippen LogP contribution in [0.3, 0.4) is 0 Å². The maximum Gasteiger partial charge on any atom is 0.107 e. The van der Waals surface area contributed by atoms with Gasteiger partial charge in [-0.2, -0.15) is 5.10 Å². The number of benzene rings is 2. The summed E-state index contributed by atoms with van der Waals surface area (Å²) in [4.78, 5) is 0. The van der Waals surface area contributed by atoms with Crippen LogP contribution >= 0.6 is 27.5 Å². The first-order valence-electron chi connectivity index (χ1n) is 5.81. The molecule has 19 heavy (non-hydrogen) atoms. The Morgan fingerprint density at radius 3 is 2.42 bits per heavy atom. The van der Waals surface area contributed by atoms with Gasteiger partial charge in [-0.05, 0) is 28.1 Å². The Morgan fingerprint density at radius 2 is 1.68 bits per heavy atom. The van der Waals surface area contributed by atoms with Crippen molar-refractivity contribution in [3.63, 3.8) is 0 Å². The maximum absolute atomic E-state index is 6.02. The molecule has 0 aliphatic heterocycles. The summed E-state index contributed by atoms with van der Waals surface area (Å²) >= 11 is 9.63. The van der Waals surface area contributed by atoms with Crippen LogP contribution in [0.2, 0.25) is 5.02 Å². The van der Waals surface area contributed by atoms with Crippen molar-refractivity contribution in [3.8, 4) is 22.5 Å². The molecule has 0 atom stereocenters. The van der Waals surface area contributed by atoms with Crippen molar-refractivity contribution in [2.24, 2.45) is 0 Å². The molecule has 2 aromatic carbocycles. The fourth-order valence-corrected chi connectivity index (χ4v) is 2.78. The third-order valence-corrected chi connectivity index (χ3v) is 3.87. The number of hydrogen-bond acceptors (Lipinski definition) is 1. The molecule has 0 fully saturated rings. The number of halogens is 2. The third kappa shape index (κ3) is 2.44. The summed E-state index contributed by atoms with van der Waals surface area (Å²) in [6, 6.07) is 17.7. The Kier molecular flexibility index (Phi) is 3.40. The van der Waals surface area contributed by atoms with Crippen LogP contribution in [-0.4, -0.2) is 10.2 Å². The fourth-order valence-electron chi connectivity index (χ4n) is 1.95. The molecule has 3 aromatic rings. The van der Waals surface area contributed by atoms with E-state index < -0.39 is 0 Å². The molecule has 4 heteroatoms. The van der Waals surface area contributed by atoms with Crippen LogP contribution in [0.25, 0.3) is 22.5 Å². The zero-order valence-corrected chi connectivity index (χ0v) is 12.2. The Labute approximate surface area is 124 Å². The highest BCUT2D eigenvalue weighted by atomic mass is 79.9. The summed E-state index contributed by atoms with van der Waals surface area (Å²) in [5, 5.41) is 8.14. The minimum absolute atomic E-state index is 0.702. The number of aromatic amines is 1. The van der Waals surface area contributed by atoms with Gasteiger partial charge in [0, 0.05) is 16.1 Å². The lowest BCUT2D eigenvalue weighted by atomic mass is 10.1. The molecule has 0 radical (unpaired) electrons. The van der Waals surface area contributed by atoms with Gasteiger partial charge < -0.3 is 0 Å². The monoisotopic (exact) mass is 332 g/mol. The second kappa shape index (κ2) is 5.19. The summed E-state index contributed by atoms with van der Waals surface area (Å²) in [5.41, 5.74) is 3.91. The molecule has 0 saturated carbocycles. The van der Waals surface area contributed by atoms with Crippen LogP contribution in [0.4, 0.5) is 0 Å². The highest BCUT2D eigenvalue weighted by Crippen LogP contribution is 2.35. The molecule has 0 spiro atoms. The van der Waals surface area contributed by atoms with Gasteiger partial charge in [-0.1, -0.05) is 54.1 Å². The van der Waals surface area contributed by atoms with Gasteiger partial charge in [0.15, 0.2) is 0 Å². The van der Waals surface area contributed by atoms with Crippen LogP contribution in [-0.2, 0) is 0 Å². The SMILES string of the molecule is Clc1cccc(-c2n[nH]c(-c3ccccc3)c2Br)c1. The normalized spacial score (nSPS) is 10.6. The molecule has 0 amide bonds. The van der Waals surface area contributed by atoms with E-state index in [0.717, 1.165) is 27.0 Å². The summed E-state index contributed by atoms with van der Waals surface area (Å²) in [7, 11) is 0. The van der Waals surface area contributed by atoms with Crippen LogP contribution in [0.15, 0.2) is 59.1 Å². The predicted octanol–water partition coefficient (Wildman–Crippen LogP) is 5.16. The van der Waals surface area contributed by atoms with Gasteiger partial charge >= 0.3 is 0 Å². The van der Waals surface area contributed by atoms with Gasteiger partial charge in [0.05, 0.1) is 10.2 Å². The van der Waals surface area contributed by atoms with Crippen molar-refractivity contribution in [3.05, 3.63) is 64.1 Å². The van der Waals surface area contributed by atoms with Gasteiger partial charge in [0.25, 0.3) is 0 Å². The number of nitrogens with one attached hydrogen (secondary N) is 1. The van der Waals surface area contributed by atoms with Crippen molar-refractivity contribution in [1.29, 1.82) is 0 Å². The topological polar surface area (TPSA) is 28.7 Å². The van der Waals surface area contributed by atoms with Crippen LogP contribution in [0.5, 0.6) is 0 Å². The molecule has 0 bridgehead atoms. The largest absolute Gasteiger partial charge is 0.276 e. The maximum atomic E-state index is 6.02. The summed E-state index contributed by atoms with van der Waals surface area (Å²) in [6.07, 6.45) is 0. The van der Waals surface area contributed by atoms with E-state index in [4.69, 9.17) is 11.6 Å². The molecule has 0 saturated heterocycles. The summed E-state index contributed by atoms with van der Waals surface area (Å²) in [5.74, 6) is 0. The molecule has 94 valence electrons. The van der Waals surface area contributed by atoms with Crippen molar-refractivity contribution in [2.45, 2.75) is 0 Å².